The highest BCUT2D eigenvalue weighted by Crippen LogP contribution is 2.33. The van der Waals surface area contributed by atoms with Gasteiger partial charge >= 0.3 is 5.97 Å². The average molecular weight is 558 g/mol. The topological polar surface area (TPSA) is 81.0 Å². The monoisotopic (exact) mass is 558 g/mol. The number of unbranched alkanes of at least 4 members (excludes halogenated alkanes) is 1. The molecule has 2 fully saturated rings. The predicted molar refractivity (Wildman–Crippen MR) is 127 cm³/mol. The van der Waals surface area contributed by atoms with Crippen molar-refractivity contribution in [2.45, 2.75) is 77.1 Å². The maximum absolute atomic E-state index is 12.2. The largest absolute Gasteiger partial charge is 0.485 e. The number of ether oxygens (including phenoxy) is 5. The predicted octanol–water partition coefficient (Wildman–Crippen LogP) is 3.71. The van der Waals surface area contributed by atoms with Crippen LogP contribution in [0.3, 0.4) is 0 Å². The first-order chi connectivity index (χ1) is 15.2. The zero-order chi connectivity index (χ0) is 22.9. The van der Waals surface area contributed by atoms with E-state index in [2.05, 4.69) is 34.6 Å². The Morgan fingerprint density at radius 2 is 1.94 bits per heavy atom. The molecule has 1 aromatic carbocycles. The summed E-state index contributed by atoms with van der Waals surface area (Å²) < 4.78 is 32.0. The fraction of sp³-hybridized carbons (Fsp3) is 0.652. The van der Waals surface area contributed by atoms with Crippen LogP contribution in [0.1, 0.15) is 40.5 Å². The summed E-state index contributed by atoms with van der Waals surface area (Å²) in [5.41, 5.74) is 0.326. The van der Waals surface area contributed by atoms with E-state index in [4.69, 9.17) is 23.7 Å². The Kier molecular flexibility index (Phi) is 7.28. The van der Waals surface area contributed by atoms with Crippen molar-refractivity contribution < 1.29 is 28.5 Å². The molecule has 2 aliphatic heterocycles. The lowest BCUT2D eigenvalue weighted by molar-refractivity contribution is -0.155. The van der Waals surface area contributed by atoms with Gasteiger partial charge < -0.3 is 23.7 Å². The minimum Gasteiger partial charge on any atom is -0.485 e. The third-order valence-corrected chi connectivity index (χ3v) is 6.25. The number of fused-ring (bicyclic) bond motifs is 2. The summed E-state index contributed by atoms with van der Waals surface area (Å²) in [5.74, 6) is 0.405. The molecular formula is C23H31IN2O6. The molecule has 4 rings (SSSR count). The summed E-state index contributed by atoms with van der Waals surface area (Å²) in [6.45, 7) is 9.49. The SMILES string of the molecule is CCCCO[C@@H]1CO[C@H]2[C@@H]1OC[C@H]2Oc1ccc2c(c1)c(I)nn2CC(=O)OC(C)(C)C. The maximum Gasteiger partial charge on any atom is 0.328 e. The number of carbonyl (C=O) groups is 1. The van der Waals surface area contributed by atoms with Crippen LogP contribution in [0, 0.1) is 3.70 Å². The first-order valence-corrected chi connectivity index (χ1v) is 12.2. The van der Waals surface area contributed by atoms with Gasteiger partial charge in [0.25, 0.3) is 0 Å². The summed E-state index contributed by atoms with van der Waals surface area (Å²) in [7, 11) is 0. The van der Waals surface area contributed by atoms with Crippen LogP contribution >= 0.6 is 22.6 Å². The minimum absolute atomic E-state index is 0.0327. The Morgan fingerprint density at radius 1 is 1.22 bits per heavy atom. The number of hydrogen-bond donors (Lipinski definition) is 0. The van der Waals surface area contributed by atoms with E-state index in [9.17, 15) is 4.79 Å². The van der Waals surface area contributed by atoms with E-state index in [0.29, 0.717) is 13.2 Å². The molecule has 0 bridgehead atoms. The van der Waals surface area contributed by atoms with Gasteiger partial charge in [0, 0.05) is 12.0 Å². The quantitative estimate of drug-likeness (QED) is 0.278. The molecule has 32 heavy (non-hydrogen) atoms. The van der Waals surface area contributed by atoms with Crippen molar-refractivity contribution >= 4 is 39.5 Å². The molecule has 2 aromatic rings. The summed E-state index contributed by atoms with van der Waals surface area (Å²) >= 11 is 2.17. The van der Waals surface area contributed by atoms with Crippen molar-refractivity contribution in [3.8, 4) is 5.75 Å². The lowest BCUT2D eigenvalue weighted by Crippen LogP contribution is -2.35. The van der Waals surface area contributed by atoms with Crippen LogP contribution in [0.25, 0.3) is 10.9 Å². The highest BCUT2D eigenvalue weighted by Gasteiger charge is 2.49. The molecule has 2 saturated heterocycles. The molecule has 2 aliphatic rings. The van der Waals surface area contributed by atoms with Crippen LogP contribution in [0.2, 0.25) is 0 Å². The van der Waals surface area contributed by atoms with Gasteiger partial charge in [0.05, 0.1) is 18.7 Å². The van der Waals surface area contributed by atoms with Crippen molar-refractivity contribution in [2.75, 3.05) is 19.8 Å². The van der Waals surface area contributed by atoms with E-state index >= 15 is 0 Å². The van der Waals surface area contributed by atoms with Crippen LogP contribution < -0.4 is 4.74 Å². The van der Waals surface area contributed by atoms with E-state index < -0.39 is 5.60 Å². The first kappa shape index (κ1) is 23.7. The number of rotatable bonds is 8. The zero-order valence-electron chi connectivity index (χ0n) is 19.0. The Balaban J connectivity index is 1.42. The van der Waals surface area contributed by atoms with Crippen molar-refractivity contribution in [2.24, 2.45) is 0 Å². The number of esters is 1. The van der Waals surface area contributed by atoms with Crippen LogP contribution in [-0.2, 0) is 30.3 Å². The summed E-state index contributed by atoms with van der Waals surface area (Å²) in [4.78, 5) is 12.2. The minimum atomic E-state index is -0.530. The summed E-state index contributed by atoms with van der Waals surface area (Å²) in [6.07, 6.45) is 1.70. The molecular weight excluding hydrogens is 527 g/mol. The Labute approximate surface area is 202 Å². The molecule has 9 heteroatoms. The summed E-state index contributed by atoms with van der Waals surface area (Å²) in [5, 5.41) is 5.44. The fourth-order valence-corrected chi connectivity index (χ4v) is 4.73. The van der Waals surface area contributed by atoms with Crippen molar-refractivity contribution in [3.05, 3.63) is 21.9 Å². The molecule has 3 heterocycles. The third kappa shape index (κ3) is 5.37. The van der Waals surface area contributed by atoms with E-state index in [-0.39, 0.29) is 36.9 Å². The normalized spacial score (nSPS) is 25.3. The second kappa shape index (κ2) is 9.82. The van der Waals surface area contributed by atoms with Gasteiger partial charge in [-0.1, -0.05) is 13.3 Å². The van der Waals surface area contributed by atoms with Gasteiger partial charge in [0.1, 0.15) is 39.9 Å². The number of nitrogens with zero attached hydrogens (tertiary/aromatic N) is 2. The highest BCUT2D eigenvalue weighted by atomic mass is 127. The van der Waals surface area contributed by atoms with Gasteiger partial charge in [0.2, 0.25) is 0 Å². The van der Waals surface area contributed by atoms with Crippen molar-refractivity contribution in [1.29, 1.82) is 0 Å². The van der Waals surface area contributed by atoms with Crippen LogP contribution in [0.15, 0.2) is 18.2 Å². The van der Waals surface area contributed by atoms with Crippen LogP contribution in [-0.4, -0.2) is 65.6 Å². The van der Waals surface area contributed by atoms with Crippen molar-refractivity contribution in [3.63, 3.8) is 0 Å². The molecule has 8 nitrogen and oxygen atoms in total. The summed E-state index contributed by atoms with van der Waals surface area (Å²) in [6, 6.07) is 5.76. The Hall–Kier alpha value is -1.43. The van der Waals surface area contributed by atoms with Crippen LogP contribution in [0.4, 0.5) is 0 Å². The third-order valence-electron chi connectivity index (χ3n) is 5.46. The maximum atomic E-state index is 12.2. The van der Waals surface area contributed by atoms with Gasteiger partial charge in [-0.05, 0) is 68.0 Å². The molecule has 176 valence electrons. The highest BCUT2D eigenvalue weighted by molar-refractivity contribution is 14.1. The van der Waals surface area contributed by atoms with Gasteiger partial charge in [-0.25, -0.2) is 0 Å². The van der Waals surface area contributed by atoms with Crippen molar-refractivity contribution in [1.82, 2.24) is 9.78 Å². The molecule has 0 spiro atoms. The van der Waals surface area contributed by atoms with E-state index in [1.165, 1.54) is 0 Å². The average Bonchev–Trinajstić information content (AvgIpc) is 3.37. The zero-order valence-corrected chi connectivity index (χ0v) is 21.2. The second-order valence-electron chi connectivity index (χ2n) is 9.23. The smallest absolute Gasteiger partial charge is 0.328 e. The molecule has 0 amide bonds. The molecule has 0 N–H and O–H groups in total. The molecule has 0 radical (unpaired) electrons. The van der Waals surface area contributed by atoms with Gasteiger partial charge in [0.15, 0.2) is 6.10 Å². The lowest BCUT2D eigenvalue weighted by atomic mass is 10.1. The second-order valence-corrected chi connectivity index (χ2v) is 10.3. The van der Waals surface area contributed by atoms with Gasteiger partial charge in [-0.3, -0.25) is 9.48 Å². The molecule has 0 unspecified atom stereocenters. The Morgan fingerprint density at radius 3 is 2.66 bits per heavy atom. The molecule has 0 saturated carbocycles. The van der Waals surface area contributed by atoms with E-state index in [0.717, 1.165) is 39.8 Å². The molecule has 4 atom stereocenters. The number of benzene rings is 1. The number of halogens is 1. The number of carbonyl (C=O) groups excluding carboxylic acids is 1. The number of aromatic nitrogens is 2. The van der Waals surface area contributed by atoms with Gasteiger partial charge in [-0.2, -0.15) is 5.10 Å². The molecule has 1 aromatic heterocycles. The van der Waals surface area contributed by atoms with Crippen LogP contribution in [0.5, 0.6) is 5.75 Å². The van der Waals surface area contributed by atoms with E-state index in [1.807, 2.05) is 39.0 Å². The van der Waals surface area contributed by atoms with E-state index in [1.54, 1.807) is 4.68 Å². The standard InChI is InChI=1S/C23H31IN2O6/c1-5-6-9-28-17-12-29-21-18(13-30-20(17)21)31-14-7-8-16-15(10-14)22(24)25-26(16)11-19(27)32-23(2,3)4/h7-8,10,17-18,20-21H,5-6,9,11-13H2,1-4H3/t17-,18-,20-,21-/m1/s1. The van der Waals surface area contributed by atoms with Gasteiger partial charge in [-0.15, -0.1) is 0 Å². The lowest BCUT2D eigenvalue weighted by Gasteiger charge is -2.19. The fourth-order valence-electron chi connectivity index (χ4n) is 4.04. The first-order valence-electron chi connectivity index (χ1n) is 11.1. The molecule has 0 aliphatic carbocycles. The number of hydrogen-bond acceptors (Lipinski definition) is 7. The Bertz CT molecular complexity index is 956.